The van der Waals surface area contributed by atoms with E-state index in [1.807, 2.05) is 13.0 Å². The van der Waals surface area contributed by atoms with Gasteiger partial charge in [0.15, 0.2) is 0 Å². The summed E-state index contributed by atoms with van der Waals surface area (Å²) in [5.74, 6) is 0.794. The van der Waals surface area contributed by atoms with Crippen LogP contribution in [0.4, 0.5) is 0 Å². The molecule has 0 amide bonds. The molecule has 3 rings (SSSR count). The number of pyridine rings is 1. The predicted molar refractivity (Wildman–Crippen MR) is 82.5 cm³/mol. The van der Waals surface area contributed by atoms with Crippen LogP contribution in [-0.4, -0.2) is 4.98 Å². The van der Waals surface area contributed by atoms with Crippen molar-refractivity contribution in [1.82, 2.24) is 10.3 Å². The molecule has 1 aliphatic rings. The van der Waals surface area contributed by atoms with E-state index in [0.29, 0.717) is 6.04 Å². The molecule has 104 valence electrons. The summed E-state index contributed by atoms with van der Waals surface area (Å²) >= 11 is 0. The second-order valence-electron chi connectivity index (χ2n) is 5.88. The molecule has 0 spiro atoms. The van der Waals surface area contributed by atoms with Gasteiger partial charge in [-0.1, -0.05) is 35.9 Å². The zero-order chi connectivity index (χ0) is 13.9. The fourth-order valence-electron chi connectivity index (χ4n) is 2.67. The highest BCUT2D eigenvalue weighted by Crippen LogP contribution is 2.41. The summed E-state index contributed by atoms with van der Waals surface area (Å²) < 4.78 is 0. The third-order valence-electron chi connectivity index (χ3n) is 3.98. The maximum absolute atomic E-state index is 4.57. The highest BCUT2D eigenvalue weighted by molar-refractivity contribution is 5.25. The Morgan fingerprint density at radius 3 is 2.50 bits per heavy atom. The van der Waals surface area contributed by atoms with Gasteiger partial charge in [0.2, 0.25) is 0 Å². The normalized spacial score (nSPS) is 16.1. The average molecular weight is 266 g/mol. The van der Waals surface area contributed by atoms with Gasteiger partial charge < -0.3 is 5.32 Å². The van der Waals surface area contributed by atoms with Crippen LogP contribution >= 0.6 is 0 Å². The SMILES string of the molecule is Cc1ccc(C(NCc2cccc(C)n2)C2CC2)cc1. The molecule has 1 aliphatic carbocycles. The molecule has 0 radical (unpaired) electrons. The lowest BCUT2D eigenvalue weighted by Gasteiger charge is -2.19. The van der Waals surface area contributed by atoms with E-state index in [4.69, 9.17) is 0 Å². The minimum atomic E-state index is 0.470. The van der Waals surface area contributed by atoms with Gasteiger partial charge >= 0.3 is 0 Å². The van der Waals surface area contributed by atoms with Crippen LogP contribution in [0.3, 0.4) is 0 Å². The Morgan fingerprint density at radius 2 is 1.85 bits per heavy atom. The summed E-state index contributed by atoms with van der Waals surface area (Å²) in [5, 5.41) is 3.70. The highest BCUT2D eigenvalue weighted by Gasteiger charge is 2.31. The summed E-state index contributed by atoms with van der Waals surface area (Å²) in [6.07, 6.45) is 2.68. The molecule has 20 heavy (non-hydrogen) atoms. The van der Waals surface area contributed by atoms with E-state index in [9.17, 15) is 0 Å². The van der Waals surface area contributed by atoms with Crippen molar-refractivity contribution in [2.45, 2.75) is 39.3 Å². The second-order valence-corrected chi connectivity index (χ2v) is 5.88. The van der Waals surface area contributed by atoms with Crippen LogP contribution < -0.4 is 5.32 Å². The van der Waals surface area contributed by atoms with Crippen LogP contribution in [0.1, 0.15) is 41.4 Å². The monoisotopic (exact) mass is 266 g/mol. The number of nitrogens with one attached hydrogen (secondary N) is 1. The fraction of sp³-hybridized carbons (Fsp3) is 0.389. The van der Waals surface area contributed by atoms with Crippen molar-refractivity contribution in [2.75, 3.05) is 0 Å². The van der Waals surface area contributed by atoms with Gasteiger partial charge in [0.25, 0.3) is 0 Å². The third-order valence-corrected chi connectivity index (χ3v) is 3.98. The molecular weight excluding hydrogens is 244 g/mol. The first kappa shape index (κ1) is 13.3. The van der Waals surface area contributed by atoms with Crippen molar-refractivity contribution in [3.63, 3.8) is 0 Å². The first-order chi connectivity index (χ1) is 9.72. The summed E-state index contributed by atoms with van der Waals surface area (Å²) in [7, 11) is 0. The Labute approximate surface area is 121 Å². The maximum atomic E-state index is 4.57. The molecule has 2 heteroatoms. The van der Waals surface area contributed by atoms with Crippen molar-refractivity contribution in [2.24, 2.45) is 5.92 Å². The van der Waals surface area contributed by atoms with Gasteiger partial charge in [-0.2, -0.15) is 0 Å². The van der Waals surface area contributed by atoms with E-state index in [0.717, 1.165) is 23.9 Å². The van der Waals surface area contributed by atoms with Crippen LogP contribution in [0.15, 0.2) is 42.5 Å². The summed E-state index contributed by atoms with van der Waals surface area (Å²) in [5.41, 5.74) is 4.94. The zero-order valence-electron chi connectivity index (χ0n) is 12.3. The molecule has 1 unspecified atom stereocenters. The van der Waals surface area contributed by atoms with Gasteiger partial charge in [-0.05, 0) is 50.3 Å². The summed E-state index contributed by atoms with van der Waals surface area (Å²) in [4.78, 5) is 4.57. The van der Waals surface area contributed by atoms with Crippen molar-refractivity contribution in [3.8, 4) is 0 Å². The van der Waals surface area contributed by atoms with E-state index >= 15 is 0 Å². The smallest absolute Gasteiger partial charge is 0.0545 e. The third kappa shape index (κ3) is 3.26. The van der Waals surface area contributed by atoms with Crippen LogP contribution in [0.2, 0.25) is 0 Å². The van der Waals surface area contributed by atoms with Gasteiger partial charge in [0.05, 0.1) is 5.69 Å². The van der Waals surface area contributed by atoms with Crippen molar-refractivity contribution in [1.29, 1.82) is 0 Å². The number of aryl methyl sites for hydroxylation is 2. The Kier molecular flexibility index (Phi) is 3.83. The lowest BCUT2D eigenvalue weighted by Crippen LogP contribution is -2.23. The van der Waals surface area contributed by atoms with Gasteiger partial charge in [-0.25, -0.2) is 0 Å². The van der Waals surface area contributed by atoms with Gasteiger partial charge in [0.1, 0.15) is 0 Å². The topological polar surface area (TPSA) is 24.9 Å². The van der Waals surface area contributed by atoms with Crippen LogP contribution in [0.5, 0.6) is 0 Å². The second kappa shape index (κ2) is 5.76. The van der Waals surface area contributed by atoms with Crippen molar-refractivity contribution in [3.05, 3.63) is 65.0 Å². The van der Waals surface area contributed by atoms with Crippen LogP contribution in [0, 0.1) is 19.8 Å². The molecule has 1 aromatic carbocycles. The first-order valence-electron chi connectivity index (χ1n) is 7.45. The number of nitrogens with zero attached hydrogens (tertiary/aromatic N) is 1. The quantitative estimate of drug-likeness (QED) is 0.886. The molecule has 0 saturated heterocycles. The first-order valence-corrected chi connectivity index (χ1v) is 7.45. The van der Waals surface area contributed by atoms with Gasteiger partial charge in [-0.3, -0.25) is 4.98 Å². The van der Waals surface area contributed by atoms with Crippen molar-refractivity contribution < 1.29 is 0 Å². The Bertz CT molecular complexity index is 570. The number of rotatable bonds is 5. The van der Waals surface area contributed by atoms with Crippen molar-refractivity contribution >= 4 is 0 Å². The lowest BCUT2D eigenvalue weighted by molar-refractivity contribution is 0.476. The summed E-state index contributed by atoms with van der Waals surface area (Å²) in [6.45, 7) is 5.03. The Balaban J connectivity index is 1.70. The molecule has 0 bridgehead atoms. The zero-order valence-corrected chi connectivity index (χ0v) is 12.3. The maximum Gasteiger partial charge on any atom is 0.0545 e. The Morgan fingerprint density at radius 1 is 1.10 bits per heavy atom. The number of aromatic nitrogens is 1. The Hall–Kier alpha value is -1.67. The molecule has 1 heterocycles. The van der Waals surface area contributed by atoms with Crippen LogP contribution in [0.25, 0.3) is 0 Å². The molecule has 1 saturated carbocycles. The number of hydrogen-bond acceptors (Lipinski definition) is 2. The molecule has 1 aromatic heterocycles. The molecular formula is C18H22N2. The molecule has 1 atom stereocenters. The predicted octanol–water partition coefficient (Wildman–Crippen LogP) is 3.94. The van der Waals surface area contributed by atoms with Gasteiger partial charge in [0, 0.05) is 18.3 Å². The van der Waals surface area contributed by atoms with Crippen LogP contribution in [-0.2, 0) is 6.54 Å². The fourth-order valence-corrected chi connectivity index (χ4v) is 2.67. The largest absolute Gasteiger partial charge is 0.304 e. The minimum absolute atomic E-state index is 0.470. The highest BCUT2D eigenvalue weighted by atomic mass is 14.9. The van der Waals surface area contributed by atoms with E-state index in [1.54, 1.807) is 0 Å². The van der Waals surface area contributed by atoms with E-state index < -0.39 is 0 Å². The minimum Gasteiger partial charge on any atom is -0.304 e. The molecule has 0 aliphatic heterocycles. The lowest BCUT2D eigenvalue weighted by atomic mass is 10.0. The summed E-state index contributed by atoms with van der Waals surface area (Å²) in [6, 6.07) is 15.6. The van der Waals surface area contributed by atoms with E-state index in [2.05, 4.69) is 53.6 Å². The number of hydrogen-bond donors (Lipinski definition) is 1. The molecule has 1 fully saturated rings. The van der Waals surface area contributed by atoms with E-state index in [-0.39, 0.29) is 0 Å². The average Bonchev–Trinajstić information content (AvgIpc) is 3.26. The molecule has 2 aromatic rings. The number of benzene rings is 1. The standard InChI is InChI=1S/C18H22N2/c1-13-6-8-15(9-7-13)18(16-10-11-16)19-12-17-5-3-4-14(2)20-17/h3-9,16,18-19H,10-12H2,1-2H3. The van der Waals surface area contributed by atoms with Gasteiger partial charge in [-0.15, -0.1) is 0 Å². The van der Waals surface area contributed by atoms with E-state index in [1.165, 1.54) is 24.0 Å². The molecule has 1 N–H and O–H groups in total. The molecule has 2 nitrogen and oxygen atoms in total.